The molecule has 0 fully saturated rings. The van der Waals surface area contributed by atoms with Crippen LogP contribution in [-0.4, -0.2) is 38.9 Å². The maximum atomic E-state index is 12.9. The summed E-state index contributed by atoms with van der Waals surface area (Å²) >= 11 is 0. The summed E-state index contributed by atoms with van der Waals surface area (Å²) in [4.78, 5) is 25.4. The Morgan fingerprint density at radius 3 is 2.05 bits per heavy atom. The molecule has 0 saturated carbocycles. The molecule has 2 rings (SSSR count). The van der Waals surface area contributed by atoms with Crippen molar-refractivity contribution in [3.05, 3.63) is 97.6 Å². The highest BCUT2D eigenvalue weighted by Gasteiger charge is 2.41. The van der Waals surface area contributed by atoms with Crippen LogP contribution in [0.4, 0.5) is 0 Å². The predicted molar refractivity (Wildman–Crippen MR) is 144 cm³/mol. The number of carbonyl (C=O) groups excluding carboxylic acids is 2. The molecule has 7 heteroatoms. The molecule has 0 aromatic heterocycles. The SMILES string of the molecule is C=CCOc1ccc(C(OC(=O)/C=C/c2ccc(OCC=C)c(OCC=C)c2)C(C)(C)C(=O)OC)cc1. The lowest BCUT2D eigenvalue weighted by Gasteiger charge is -2.31. The average Bonchev–Trinajstić information content (AvgIpc) is 2.91. The van der Waals surface area contributed by atoms with Gasteiger partial charge in [0, 0.05) is 6.08 Å². The molecule has 0 aliphatic rings. The minimum Gasteiger partial charge on any atom is -0.490 e. The van der Waals surface area contributed by atoms with Crippen LogP contribution in [0.25, 0.3) is 6.08 Å². The first-order chi connectivity index (χ1) is 17.8. The largest absolute Gasteiger partial charge is 0.490 e. The van der Waals surface area contributed by atoms with Crippen molar-refractivity contribution in [1.82, 2.24) is 0 Å². The van der Waals surface area contributed by atoms with Gasteiger partial charge in [-0.05, 0) is 55.3 Å². The molecule has 0 amide bonds. The molecular formula is C30H34O7. The number of esters is 2. The van der Waals surface area contributed by atoms with E-state index in [1.54, 1.807) is 80.6 Å². The molecule has 0 radical (unpaired) electrons. The number of rotatable bonds is 15. The van der Waals surface area contributed by atoms with E-state index in [1.165, 1.54) is 13.2 Å². The topological polar surface area (TPSA) is 80.3 Å². The average molecular weight is 507 g/mol. The van der Waals surface area contributed by atoms with Crippen molar-refractivity contribution in [2.75, 3.05) is 26.9 Å². The van der Waals surface area contributed by atoms with Crippen LogP contribution in [-0.2, 0) is 19.1 Å². The quantitative estimate of drug-likeness (QED) is 0.170. The van der Waals surface area contributed by atoms with Crippen LogP contribution < -0.4 is 14.2 Å². The van der Waals surface area contributed by atoms with Gasteiger partial charge in [-0.25, -0.2) is 4.79 Å². The van der Waals surface area contributed by atoms with Crippen LogP contribution in [0.15, 0.2) is 86.5 Å². The summed E-state index contributed by atoms with van der Waals surface area (Å²) in [5.41, 5.74) is 0.152. The summed E-state index contributed by atoms with van der Waals surface area (Å²) < 4.78 is 27.6. The van der Waals surface area contributed by atoms with E-state index in [4.69, 9.17) is 23.7 Å². The first-order valence-electron chi connectivity index (χ1n) is 11.7. The number of carbonyl (C=O) groups is 2. The lowest BCUT2D eigenvalue weighted by molar-refractivity contribution is -0.166. The van der Waals surface area contributed by atoms with E-state index >= 15 is 0 Å². The van der Waals surface area contributed by atoms with Gasteiger partial charge in [0.05, 0.1) is 7.11 Å². The van der Waals surface area contributed by atoms with Crippen molar-refractivity contribution in [1.29, 1.82) is 0 Å². The fraction of sp³-hybridized carbons (Fsp3) is 0.267. The summed E-state index contributed by atoms with van der Waals surface area (Å²) in [5, 5.41) is 0. The minimum atomic E-state index is -1.16. The molecule has 2 aromatic carbocycles. The Morgan fingerprint density at radius 2 is 1.46 bits per heavy atom. The monoisotopic (exact) mass is 506 g/mol. The van der Waals surface area contributed by atoms with Crippen molar-refractivity contribution < 1.29 is 33.3 Å². The molecule has 1 unspecified atom stereocenters. The molecule has 0 aliphatic carbocycles. The number of hydrogen-bond donors (Lipinski definition) is 0. The van der Waals surface area contributed by atoms with Gasteiger partial charge in [0.1, 0.15) is 37.1 Å². The molecule has 2 aromatic rings. The maximum Gasteiger partial charge on any atom is 0.331 e. The van der Waals surface area contributed by atoms with Crippen molar-refractivity contribution in [3.63, 3.8) is 0 Å². The second-order valence-corrected chi connectivity index (χ2v) is 8.44. The van der Waals surface area contributed by atoms with Gasteiger partial charge in [-0.2, -0.15) is 0 Å². The Morgan fingerprint density at radius 1 is 0.865 bits per heavy atom. The van der Waals surface area contributed by atoms with E-state index in [1.807, 2.05) is 0 Å². The summed E-state index contributed by atoms with van der Waals surface area (Å²) in [6, 6.07) is 12.2. The minimum absolute atomic E-state index is 0.293. The molecule has 0 N–H and O–H groups in total. The van der Waals surface area contributed by atoms with Crippen molar-refractivity contribution in [3.8, 4) is 17.2 Å². The zero-order valence-corrected chi connectivity index (χ0v) is 21.6. The third-order valence-corrected chi connectivity index (χ3v) is 5.24. The van der Waals surface area contributed by atoms with Gasteiger partial charge < -0.3 is 23.7 Å². The summed E-state index contributed by atoms with van der Waals surface area (Å²) in [6.45, 7) is 15.2. The van der Waals surface area contributed by atoms with Crippen LogP contribution in [0, 0.1) is 5.41 Å². The van der Waals surface area contributed by atoms with E-state index in [9.17, 15) is 9.59 Å². The zero-order valence-electron chi connectivity index (χ0n) is 21.6. The highest BCUT2D eigenvalue weighted by Crippen LogP contribution is 2.38. The number of ether oxygens (including phenoxy) is 5. The summed E-state index contributed by atoms with van der Waals surface area (Å²) in [6.07, 6.45) is 6.87. The normalized spacial score (nSPS) is 11.8. The van der Waals surface area contributed by atoms with E-state index in [-0.39, 0.29) is 0 Å². The molecule has 0 saturated heterocycles. The van der Waals surface area contributed by atoms with Crippen LogP contribution in [0.3, 0.4) is 0 Å². The third-order valence-electron chi connectivity index (χ3n) is 5.24. The van der Waals surface area contributed by atoms with E-state index < -0.39 is 23.5 Å². The Labute approximate surface area is 218 Å². The molecule has 196 valence electrons. The van der Waals surface area contributed by atoms with E-state index in [0.717, 1.165) is 0 Å². The van der Waals surface area contributed by atoms with E-state index in [2.05, 4.69) is 19.7 Å². The second kappa shape index (κ2) is 14.3. The van der Waals surface area contributed by atoms with Gasteiger partial charge in [-0.1, -0.05) is 56.2 Å². The smallest absolute Gasteiger partial charge is 0.331 e. The lowest BCUT2D eigenvalue weighted by atomic mass is 9.82. The first kappa shape index (κ1) is 29.0. The molecule has 1 atom stereocenters. The fourth-order valence-electron chi connectivity index (χ4n) is 3.37. The standard InChI is InChI=1S/C30H34O7/c1-7-18-34-24-14-12-23(13-15-24)28(30(4,5)29(32)33-6)37-27(31)17-11-22-10-16-25(35-19-8-2)26(21-22)36-20-9-3/h7-17,21,28H,1-3,18-20H2,4-6H3/b17-11+. The Kier molecular flexibility index (Phi) is 11.2. The highest BCUT2D eigenvalue weighted by molar-refractivity contribution is 5.88. The Balaban J connectivity index is 2.27. The predicted octanol–water partition coefficient (Wildman–Crippen LogP) is 5.88. The third kappa shape index (κ3) is 8.42. The van der Waals surface area contributed by atoms with Gasteiger partial charge >= 0.3 is 11.9 Å². The maximum absolute atomic E-state index is 12.9. The molecular weight excluding hydrogens is 472 g/mol. The van der Waals surface area contributed by atoms with Gasteiger partial charge in [-0.3, -0.25) is 4.79 Å². The fourth-order valence-corrected chi connectivity index (χ4v) is 3.37. The highest BCUT2D eigenvalue weighted by atomic mass is 16.6. The lowest BCUT2D eigenvalue weighted by Crippen LogP contribution is -2.35. The van der Waals surface area contributed by atoms with Crippen molar-refractivity contribution in [2.45, 2.75) is 20.0 Å². The van der Waals surface area contributed by atoms with Crippen LogP contribution >= 0.6 is 0 Å². The van der Waals surface area contributed by atoms with Crippen molar-refractivity contribution in [2.24, 2.45) is 5.41 Å². The molecule has 0 bridgehead atoms. The van der Waals surface area contributed by atoms with Gasteiger partial charge in [-0.15, -0.1) is 0 Å². The van der Waals surface area contributed by atoms with Gasteiger partial charge in [0.2, 0.25) is 0 Å². The van der Waals surface area contributed by atoms with Crippen LogP contribution in [0.5, 0.6) is 17.2 Å². The molecule has 7 nitrogen and oxygen atoms in total. The molecule has 0 heterocycles. The Hall–Kier alpha value is -4.26. The number of hydrogen-bond acceptors (Lipinski definition) is 7. The number of methoxy groups -OCH3 is 1. The van der Waals surface area contributed by atoms with Gasteiger partial charge in [0.25, 0.3) is 0 Å². The summed E-state index contributed by atoms with van der Waals surface area (Å²) in [7, 11) is 1.30. The van der Waals surface area contributed by atoms with Gasteiger partial charge in [0.15, 0.2) is 11.5 Å². The zero-order chi connectivity index (χ0) is 27.3. The van der Waals surface area contributed by atoms with Crippen LogP contribution in [0.1, 0.15) is 31.1 Å². The second-order valence-electron chi connectivity index (χ2n) is 8.44. The van der Waals surface area contributed by atoms with E-state index in [0.29, 0.717) is 48.2 Å². The first-order valence-corrected chi connectivity index (χ1v) is 11.7. The molecule has 37 heavy (non-hydrogen) atoms. The van der Waals surface area contributed by atoms with Crippen LogP contribution in [0.2, 0.25) is 0 Å². The summed E-state index contributed by atoms with van der Waals surface area (Å²) in [5.74, 6) is 0.525. The molecule has 0 aliphatic heterocycles. The van der Waals surface area contributed by atoms with Crippen molar-refractivity contribution >= 4 is 18.0 Å². The molecule has 0 spiro atoms. The Bertz CT molecular complexity index is 1110. The number of benzene rings is 2.